The molecule has 0 N–H and O–H groups in total. The van der Waals surface area contributed by atoms with Gasteiger partial charge in [0, 0.05) is 6.07 Å². The second-order valence-corrected chi connectivity index (χ2v) is 6.29. The summed E-state index contributed by atoms with van der Waals surface area (Å²) in [6, 6.07) is 8.85. The molecule has 0 fully saturated rings. The lowest BCUT2D eigenvalue weighted by molar-refractivity contribution is 0.590. The van der Waals surface area contributed by atoms with Gasteiger partial charge < -0.3 is 4.55 Å². The van der Waals surface area contributed by atoms with Crippen LogP contribution in [0, 0.1) is 6.07 Å². The van der Waals surface area contributed by atoms with E-state index in [0.717, 1.165) is 0 Å². The smallest absolute Gasteiger partial charge is 0.224 e. The maximum absolute atomic E-state index is 11.4. The summed E-state index contributed by atoms with van der Waals surface area (Å²) in [6.45, 7) is 0. The Hall–Kier alpha value is -0.520. The third-order valence-corrected chi connectivity index (χ3v) is 4.83. The van der Waals surface area contributed by atoms with E-state index in [1.165, 1.54) is 18.4 Å². The van der Waals surface area contributed by atoms with E-state index in [1.54, 1.807) is 12.1 Å². The zero-order valence-corrected chi connectivity index (χ0v) is 8.69. The SMILES string of the molecule is C[S+]([O-])CS(=O)(=O)c1[c]cccc1. The van der Waals surface area contributed by atoms with Crippen molar-refractivity contribution in [2.45, 2.75) is 4.90 Å². The fourth-order valence-corrected chi connectivity index (χ4v) is 3.64. The first-order valence-electron chi connectivity index (χ1n) is 3.52. The van der Waals surface area contributed by atoms with Crippen LogP contribution in [0.4, 0.5) is 0 Å². The van der Waals surface area contributed by atoms with Crippen molar-refractivity contribution in [3.05, 3.63) is 30.3 Å². The van der Waals surface area contributed by atoms with Gasteiger partial charge in [0.15, 0.2) is 0 Å². The van der Waals surface area contributed by atoms with Gasteiger partial charge in [0.05, 0.1) is 11.2 Å². The van der Waals surface area contributed by atoms with Gasteiger partial charge in [0.2, 0.25) is 14.9 Å². The maximum atomic E-state index is 11.4. The molecule has 1 unspecified atom stereocenters. The molecule has 0 amide bonds. The Morgan fingerprint density at radius 1 is 1.54 bits per heavy atom. The van der Waals surface area contributed by atoms with E-state index in [-0.39, 0.29) is 9.98 Å². The van der Waals surface area contributed by atoms with E-state index in [2.05, 4.69) is 6.07 Å². The van der Waals surface area contributed by atoms with Crippen molar-refractivity contribution in [1.29, 1.82) is 0 Å². The lowest BCUT2D eigenvalue weighted by Gasteiger charge is -2.05. The van der Waals surface area contributed by atoms with Gasteiger partial charge in [-0.05, 0) is 17.2 Å². The summed E-state index contributed by atoms with van der Waals surface area (Å²) in [6.07, 6.45) is 1.36. The largest absolute Gasteiger partial charge is 0.616 e. The zero-order chi connectivity index (χ0) is 9.90. The van der Waals surface area contributed by atoms with Gasteiger partial charge in [-0.25, -0.2) is 8.42 Å². The normalized spacial score (nSPS) is 14.0. The predicted molar refractivity (Wildman–Crippen MR) is 51.4 cm³/mol. The Morgan fingerprint density at radius 2 is 2.23 bits per heavy atom. The van der Waals surface area contributed by atoms with Crippen molar-refractivity contribution in [3.63, 3.8) is 0 Å². The maximum Gasteiger partial charge on any atom is 0.224 e. The van der Waals surface area contributed by atoms with E-state index in [0.29, 0.717) is 0 Å². The number of hydrogen-bond acceptors (Lipinski definition) is 3. The van der Waals surface area contributed by atoms with Gasteiger partial charge in [-0.3, -0.25) is 0 Å². The summed E-state index contributed by atoms with van der Waals surface area (Å²) < 4.78 is 33.6. The highest BCUT2D eigenvalue weighted by molar-refractivity contribution is 8.07. The van der Waals surface area contributed by atoms with Gasteiger partial charge >= 0.3 is 0 Å². The van der Waals surface area contributed by atoms with Crippen molar-refractivity contribution in [3.8, 4) is 0 Å². The minimum Gasteiger partial charge on any atom is -0.616 e. The molecule has 1 aromatic rings. The molecule has 0 aromatic heterocycles. The third kappa shape index (κ3) is 3.02. The van der Waals surface area contributed by atoms with Gasteiger partial charge in [0.1, 0.15) is 0 Å². The molecule has 13 heavy (non-hydrogen) atoms. The van der Waals surface area contributed by atoms with Gasteiger partial charge in [-0.2, -0.15) is 0 Å². The Labute approximate surface area is 80.9 Å². The molecule has 0 aliphatic carbocycles. The van der Waals surface area contributed by atoms with Crippen LogP contribution in [0.25, 0.3) is 0 Å². The first-order valence-corrected chi connectivity index (χ1v) is 6.90. The Bertz CT molecular complexity index is 356. The van der Waals surface area contributed by atoms with Crippen LogP contribution >= 0.6 is 0 Å². The highest BCUT2D eigenvalue weighted by atomic mass is 32.3. The van der Waals surface area contributed by atoms with E-state index in [4.69, 9.17) is 0 Å². The standard InChI is InChI=1S/C8H9O3S2/c1-12(9)7-13(10,11)8-5-3-2-4-6-8/h2-5H,7H2,1H3. The quantitative estimate of drug-likeness (QED) is 0.696. The summed E-state index contributed by atoms with van der Waals surface area (Å²) >= 11 is -1.34. The zero-order valence-electron chi connectivity index (χ0n) is 7.06. The van der Waals surface area contributed by atoms with Crippen LogP contribution in [0.2, 0.25) is 0 Å². The molecule has 0 bridgehead atoms. The fraction of sp³-hybridized carbons (Fsp3) is 0.250. The monoisotopic (exact) mass is 217 g/mol. The van der Waals surface area contributed by atoms with Crippen LogP contribution < -0.4 is 0 Å². The lowest BCUT2D eigenvalue weighted by atomic mass is 10.4. The first-order chi connectivity index (χ1) is 6.02. The average Bonchev–Trinajstić information content (AvgIpc) is 2.04. The summed E-state index contributed by atoms with van der Waals surface area (Å²) in [4.78, 5) is 0.102. The molecule has 1 aromatic carbocycles. The van der Waals surface area contributed by atoms with Crippen LogP contribution in [0.1, 0.15) is 0 Å². The van der Waals surface area contributed by atoms with E-state index in [1.807, 2.05) is 0 Å². The van der Waals surface area contributed by atoms with Crippen molar-refractivity contribution < 1.29 is 13.0 Å². The van der Waals surface area contributed by atoms with Crippen molar-refractivity contribution in [2.24, 2.45) is 0 Å². The molecule has 71 valence electrons. The molecule has 0 aliphatic heterocycles. The Morgan fingerprint density at radius 3 is 2.69 bits per heavy atom. The molecule has 0 saturated carbocycles. The fourth-order valence-electron chi connectivity index (χ4n) is 0.852. The molecular weight excluding hydrogens is 208 g/mol. The Kier molecular flexibility index (Phi) is 3.35. The first kappa shape index (κ1) is 10.6. The summed E-state index contributed by atoms with van der Waals surface area (Å²) in [5.74, 6) is 0. The lowest BCUT2D eigenvalue weighted by Crippen LogP contribution is -2.15. The summed E-state index contributed by atoms with van der Waals surface area (Å²) in [5, 5.41) is -0.340. The minimum atomic E-state index is -3.42. The summed E-state index contributed by atoms with van der Waals surface area (Å²) in [5.41, 5.74) is 0. The molecule has 1 atom stereocenters. The molecule has 5 heteroatoms. The number of rotatable bonds is 3. The van der Waals surface area contributed by atoms with Crippen molar-refractivity contribution >= 4 is 21.0 Å². The molecule has 0 heterocycles. The van der Waals surface area contributed by atoms with E-state index >= 15 is 0 Å². The topological polar surface area (TPSA) is 57.2 Å². The molecular formula is C8H9O3S2. The van der Waals surface area contributed by atoms with Crippen LogP contribution in [-0.4, -0.2) is 24.3 Å². The average molecular weight is 217 g/mol. The Balaban J connectivity index is 2.96. The van der Waals surface area contributed by atoms with Crippen LogP contribution in [0.15, 0.2) is 29.2 Å². The molecule has 0 spiro atoms. The summed E-state index contributed by atoms with van der Waals surface area (Å²) in [7, 11) is -3.42. The minimum absolute atomic E-state index is 0.102. The van der Waals surface area contributed by atoms with Crippen molar-refractivity contribution in [2.75, 3.05) is 11.3 Å². The highest BCUT2D eigenvalue weighted by Gasteiger charge is 2.19. The van der Waals surface area contributed by atoms with E-state index < -0.39 is 21.0 Å². The third-order valence-electron chi connectivity index (χ3n) is 1.34. The van der Waals surface area contributed by atoms with Gasteiger partial charge in [0.25, 0.3) is 0 Å². The predicted octanol–water partition coefficient (Wildman–Crippen LogP) is 0.596. The van der Waals surface area contributed by atoms with E-state index in [9.17, 15) is 13.0 Å². The molecule has 1 radical (unpaired) electrons. The number of hydrogen-bond donors (Lipinski definition) is 0. The molecule has 0 aliphatic rings. The molecule has 0 saturated heterocycles. The second kappa shape index (κ2) is 4.13. The van der Waals surface area contributed by atoms with Crippen LogP contribution in [0.5, 0.6) is 0 Å². The van der Waals surface area contributed by atoms with Gasteiger partial charge in [-0.15, -0.1) is 0 Å². The second-order valence-electron chi connectivity index (χ2n) is 2.53. The highest BCUT2D eigenvalue weighted by Crippen LogP contribution is 2.10. The molecule has 1 rings (SSSR count). The number of benzene rings is 1. The van der Waals surface area contributed by atoms with Crippen molar-refractivity contribution in [1.82, 2.24) is 0 Å². The molecule has 3 nitrogen and oxygen atoms in total. The van der Waals surface area contributed by atoms with Crippen LogP contribution in [-0.2, 0) is 21.0 Å². The van der Waals surface area contributed by atoms with Crippen LogP contribution in [0.3, 0.4) is 0 Å². The number of sulfone groups is 1. The van der Waals surface area contributed by atoms with Gasteiger partial charge in [-0.1, -0.05) is 18.2 Å².